The largest absolute Gasteiger partial charge is 0.480 e. The third-order valence-electron chi connectivity index (χ3n) is 3.39. The van der Waals surface area contributed by atoms with Gasteiger partial charge >= 0.3 is 5.97 Å². The molecule has 2 aromatic carbocycles. The van der Waals surface area contributed by atoms with Gasteiger partial charge in [-0.25, -0.2) is 4.98 Å². The average molecular weight is 451 g/mol. The van der Waals surface area contributed by atoms with Crippen LogP contribution in [0.2, 0.25) is 0 Å². The van der Waals surface area contributed by atoms with Crippen molar-refractivity contribution in [3.05, 3.63) is 58.2 Å². The van der Waals surface area contributed by atoms with Crippen molar-refractivity contribution in [1.82, 2.24) is 4.98 Å². The van der Waals surface area contributed by atoms with E-state index in [1.807, 2.05) is 54.6 Å². The standard InChI is InChI=1S/C18H14INO3S/c1-11(17(21)22)24-18-20-15(12-5-3-2-4-6-12)16(23-18)13-7-9-14(19)10-8-13/h2-11H,1H3,(H,21,22). The Hall–Kier alpha value is -1.80. The fraction of sp³-hybridized carbons (Fsp3) is 0.111. The summed E-state index contributed by atoms with van der Waals surface area (Å²) in [5.74, 6) is -0.243. The predicted molar refractivity (Wildman–Crippen MR) is 103 cm³/mol. The second-order valence-electron chi connectivity index (χ2n) is 5.13. The first-order valence-electron chi connectivity index (χ1n) is 7.26. The summed E-state index contributed by atoms with van der Waals surface area (Å²) in [5.41, 5.74) is 2.57. The number of carboxylic acids is 1. The van der Waals surface area contributed by atoms with Gasteiger partial charge in [-0.05, 0) is 41.6 Å². The van der Waals surface area contributed by atoms with E-state index < -0.39 is 11.2 Å². The number of oxazole rings is 1. The molecule has 4 nitrogen and oxygen atoms in total. The SMILES string of the molecule is CC(Sc1nc(-c2ccccc2)c(-c2ccc(I)cc2)o1)C(=O)O. The van der Waals surface area contributed by atoms with Gasteiger partial charge in [0.1, 0.15) is 10.9 Å². The number of halogens is 1. The summed E-state index contributed by atoms with van der Waals surface area (Å²) in [6.45, 7) is 1.62. The second-order valence-corrected chi connectivity index (χ2v) is 7.67. The van der Waals surface area contributed by atoms with Crippen molar-refractivity contribution in [1.29, 1.82) is 0 Å². The van der Waals surface area contributed by atoms with Crippen LogP contribution in [0.3, 0.4) is 0 Å². The number of rotatable bonds is 5. The van der Waals surface area contributed by atoms with E-state index in [1.54, 1.807) is 6.92 Å². The third-order valence-corrected chi connectivity index (χ3v) is 5.04. The highest BCUT2D eigenvalue weighted by Gasteiger charge is 2.21. The summed E-state index contributed by atoms with van der Waals surface area (Å²) in [6, 6.07) is 17.7. The van der Waals surface area contributed by atoms with Crippen molar-refractivity contribution < 1.29 is 14.3 Å². The van der Waals surface area contributed by atoms with Crippen molar-refractivity contribution in [2.24, 2.45) is 0 Å². The van der Waals surface area contributed by atoms with Gasteiger partial charge in [0.25, 0.3) is 5.22 Å². The number of carboxylic acid groups (broad SMARTS) is 1. The molecule has 0 spiro atoms. The van der Waals surface area contributed by atoms with Gasteiger partial charge in [-0.2, -0.15) is 0 Å². The van der Waals surface area contributed by atoms with Crippen molar-refractivity contribution in [2.45, 2.75) is 17.4 Å². The molecular formula is C18H14INO3S. The molecule has 0 saturated heterocycles. The minimum absolute atomic E-state index is 0.359. The molecule has 0 bridgehead atoms. The van der Waals surface area contributed by atoms with Crippen molar-refractivity contribution >= 4 is 40.3 Å². The van der Waals surface area contributed by atoms with Gasteiger partial charge in [0.15, 0.2) is 5.76 Å². The van der Waals surface area contributed by atoms with Crippen LogP contribution in [0.25, 0.3) is 22.6 Å². The normalized spacial score (nSPS) is 12.1. The van der Waals surface area contributed by atoms with Crippen LogP contribution < -0.4 is 0 Å². The summed E-state index contributed by atoms with van der Waals surface area (Å²) < 4.78 is 7.03. The van der Waals surface area contributed by atoms with E-state index in [0.717, 1.165) is 32.2 Å². The third kappa shape index (κ3) is 3.81. The molecule has 6 heteroatoms. The smallest absolute Gasteiger partial charge is 0.316 e. The highest BCUT2D eigenvalue weighted by Crippen LogP contribution is 2.36. The second kappa shape index (κ2) is 7.40. The zero-order chi connectivity index (χ0) is 17.1. The van der Waals surface area contributed by atoms with E-state index in [1.165, 1.54) is 0 Å². The number of carbonyl (C=O) groups is 1. The van der Waals surface area contributed by atoms with Crippen LogP contribution in [0, 0.1) is 3.57 Å². The number of aromatic nitrogens is 1. The molecule has 3 aromatic rings. The highest BCUT2D eigenvalue weighted by molar-refractivity contribution is 14.1. The first-order valence-corrected chi connectivity index (χ1v) is 9.22. The summed E-state index contributed by atoms with van der Waals surface area (Å²) in [4.78, 5) is 15.6. The molecule has 1 atom stereocenters. The Balaban J connectivity index is 2.06. The molecule has 0 aliphatic rings. The fourth-order valence-corrected chi connectivity index (χ4v) is 3.18. The van der Waals surface area contributed by atoms with E-state index in [-0.39, 0.29) is 0 Å². The number of thioether (sulfide) groups is 1. The molecule has 1 heterocycles. The molecule has 0 aliphatic heterocycles. The maximum atomic E-state index is 11.1. The summed E-state index contributed by atoms with van der Waals surface area (Å²) in [5, 5.41) is 8.82. The molecule has 0 amide bonds. The molecule has 1 unspecified atom stereocenters. The molecule has 1 aromatic heterocycles. The van der Waals surface area contributed by atoms with Crippen molar-refractivity contribution in [3.63, 3.8) is 0 Å². The lowest BCUT2D eigenvalue weighted by molar-refractivity contribution is -0.136. The molecule has 24 heavy (non-hydrogen) atoms. The Morgan fingerprint density at radius 3 is 2.42 bits per heavy atom. The maximum absolute atomic E-state index is 11.1. The molecule has 1 N–H and O–H groups in total. The van der Waals surface area contributed by atoms with Gasteiger partial charge in [0.05, 0.1) is 0 Å². The molecule has 0 radical (unpaired) electrons. The fourth-order valence-electron chi connectivity index (χ4n) is 2.14. The Morgan fingerprint density at radius 1 is 1.12 bits per heavy atom. The van der Waals surface area contributed by atoms with E-state index in [9.17, 15) is 4.79 Å². The lowest BCUT2D eigenvalue weighted by atomic mass is 10.1. The molecule has 0 saturated carbocycles. The topological polar surface area (TPSA) is 63.3 Å². The van der Waals surface area contributed by atoms with Gasteiger partial charge < -0.3 is 9.52 Å². The predicted octanol–water partition coefficient (Wildman–Crippen LogP) is 5.18. The van der Waals surface area contributed by atoms with Crippen molar-refractivity contribution in [2.75, 3.05) is 0 Å². The quantitative estimate of drug-likeness (QED) is 0.428. The van der Waals surface area contributed by atoms with Crippen LogP contribution in [-0.4, -0.2) is 21.3 Å². The minimum atomic E-state index is -0.893. The summed E-state index contributed by atoms with van der Waals surface area (Å²) in [6.07, 6.45) is 0. The van der Waals surface area contributed by atoms with Gasteiger partial charge in [0, 0.05) is 14.7 Å². The molecule has 0 aliphatic carbocycles. The molecular weight excluding hydrogens is 437 g/mol. The highest BCUT2D eigenvalue weighted by atomic mass is 127. The van der Waals surface area contributed by atoms with Gasteiger partial charge in [0.2, 0.25) is 0 Å². The zero-order valence-corrected chi connectivity index (χ0v) is 15.7. The van der Waals surface area contributed by atoms with Gasteiger partial charge in [-0.3, -0.25) is 4.79 Å². The van der Waals surface area contributed by atoms with E-state index in [2.05, 4.69) is 27.6 Å². The Labute approximate surface area is 157 Å². The summed E-state index contributed by atoms with van der Waals surface area (Å²) in [7, 11) is 0. The lowest BCUT2D eigenvalue weighted by Crippen LogP contribution is -2.10. The molecule has 0 fully saturated rings. The first-order chi connectivity index (χ1) is 11.5. The van der Waals surface area contributed by atoms with Crippen LogP contribution in [0.5, 0.6) is 0 Å². The number of hydrogen-bond donors (Lipinski definition) is 1. The van der Waals surface area contributed by atoms with E-state index in [0.29, 0.717) is 11.0 Å². The number of aliphatic carboxylic acids is 1. The Bertz CT molecular complexity index is 846. The van der Waals surface area contributed by atoms with Crippen LogP contribution in [0.1, 0.15) is 6.92 Å². The number of benzene rings is 2. The molecule has 122 valence electrons. The van der Waals surface area contributed by atoms with E-state index >= 15 is 0 Å². The number of hydrogen-bond acceptors (Lipinski definition) is 4. The zero-order valence-electron chi connectivity index (χ0n) is 12.8. The Morgan fingerprint density at radius 2 is 1.79 bits per heavy atom. The van der Waals surface area contributed by atoms with Gasteiger partial charge in [-0.1, -0.05) is 54.2 Å². The van der Waals surface area contributed by atoms with Crippen LogP contribution in [0.15, 0.2) is 64.2 Å². The minimum Gasteiger partial charge on any atom is -0.480 e. The average Bonchev–Trinajstić information content (AvgIpc) is 3.00. The first kappa shape index (κ1) is 17.0. The van der Waals surface area contributed by atoms with Crippen LogP contribution in [0.4, 0.5) is 0 Å². The monoisotopic (exact) mass is 451 g/mol. The molecule has 3 rings (SSSR count). The Kier molecular flexibility index (Phi) is 5.25. The van der Waals surface area contributed by atoms with Crippen LogP contribution in [-0.2, 0) is 4.79 Å². The lowest BCUT2D eigenvalue weighted by Gasteiger charge is -2.02. The van der Waals surface area contributed by atoms with Crippen molar-refractivity contribution in [3.8, 4) is 22.6 Å². The number of nitrogens with zero attached hydrogens (tertiary/aromatic N) is 1. The summed E-state index contributed by atoms with van der Waals surface area (Å²) >= 11 is 3.35. The van der Waals surface area contributed by atoms with E-state index in [4.69, 9.17) is 9.52 Å². The van der Waals surface area contributed by atoms with Gasteiger partial charge in [-0.15, -0.1) is 0 Å². The van der Waals surface area contributed by atoms with Crippen LogP contribution >= 0.6 is 34.4 Å². The maximum Gasteiger partial charge on any atom is 0.316 e.